The van der Waals surface area contributed by atoms with Crippen LogP contribution in [0.5, 0.6) is 0 Å². The van der Waals surface area contributed by atoms with E-state index in [0.717, 1.165) is 86.2 Å². The first kappa shape index (κ1) is 20.3. The summed E-state index contributed by atoms with van der Waals surface area (Å²) in [4.78, 5) is 5.06. The Morgan fingerprint density at radius 1 is 0.714 bits per heavy atom. The second-order valence-corrected chi connectivity index (χ2v) is 7.68. The minimum absolute atomic E-state index is 0.850. The number of nitrogens with two attached hydrogens (primary N) is 2. The maximum atomic E-state index is 5.88. The van der Waals surface area contributed by atoms with Crippen molar-refractivity contribution >= 4 is 22.7 Å². The lowest BCUT2D eigenvalue weighted by molar-refractivity contribution is 0.140. The van der Waals surface area contributed by atoms with Crippen molar-refractivity contribution in [2.45, 2.75) is 13.8 Å². The zero-order valence-electron chi connectivity index (χ0n) is 17.2. The van der Waals surface area contributed by atoms with Crippen molar-refractivity contribution < 1.29 is 0 Å². The number of benzene rings is 2. The molecule has 6 heteroatoms. The van der Waals surface area contributed by atoms with Crippen LogP contribution in [0.25, 0.3) is 0 Å². The molecule has 0 aliphatic carbocycles. The number of nitrogens with one attached hydrogen (secondary N) is 2. The first-order chi connectivity index (χ1) is 13.5. The SMILES string of the molecule is Cc1cc(NCCN2CCN(CCNc3ccc(N)c(C)c3)CC2)ccc1N. The molecule has 6 N–H and O–H groups in total. The van der Waals surface area contributed by atoms with Crippen molar-refractivity contribution in [3.8, 4) is 0 Å². The average molecular weight is 383 g/mol. The Morgan fingerprint density at radius 2 is 1.11 bits per heavy atom. The van der Waals surface area contributed by atoms with E-state index in [2.05, 4.69) is 44.7 Å². The molecule has 2 aromatic carbocycles. The van der Waals surface area contributed by atoms with Crippen LogP contribution < -0.4 is 22.1 Å². The molecule has 152 valence electrons. The molecule has 28 heavy (non-hydrogen) atoms. The van der Waals surface area contributed by atoms with E-state index in [1.165, 1.54) is 0 Å². The van der Waals surface area contributed by atoms with Crippen LogP contribution in [0, 0.1) is 13.8 Å². The molecule has 0 spiro atoms. The summed E-state index contributed by atoms with van der Waals surface area (Å²) in [5, 5.41) is 7.00. The number of hydrogen-bond acceptors (Lipinski definition) is 6. The summed E-state index contributed by atoms with van der Waals surface area (Å²) in [6, 6.07) is 12.3. The Balaban J connectivity index is 1.30. The van der Waals surface area contributed by atoms with E-state index in [1.807, 2.05) is 26.0 Å². The number of aryl methyl sites for hydroxylation is 2. The van der Waals surface area contributed by atoms with Gasteiger partial charge in [-0.05, 0) is 61.4 Å². The lowest BCUT2D eigenvalue weighted by Gasteiger charge is -2.34. The van der Waals surface area contributed by atoms with E-state index in [0.29, 0.717) is 0 Å². The third kappa shape index (κ3) is 5.78. The van der Waals surface area contributed by atoms with Crippen LogP contribution >= 0.6 is 0 Å². The standard InChI is InChI=1S/C22H34N6/c1-17-15-19(3-5-21(17)23)25-7-9-27-11-13-28(14-12-27)10-8-26-20-4-6-22(24)18(2)16-20/h3-6,15-16,25-26H,7-14,23-24H2,1-2H3. The lowest BCUT2D eigenvalue weighted by atomic mass is 10.2. The van der Waals surface area contributed by atoms with Gasteiger partial charge in [0.2, 0.25) is 0 Å². The molecular weight excluding hydrogens is 348 g/mol. The molecule has 0 saturated carbocycles. The van der Waals surface area contributed by atoms with Crippen molar-refractivity contribution in [1.82, 2.24) is 9.80 Å². The van der Waals surface area contributed by atoms with E-state index >= 15 is 0 Å². The zero-order valence-corrected chi connectivity index (χ0v) is 17.2. The maximum absolute atomic E-state index is 5.88. The fourth-order valence-electron chi connectivity index (χ4n) is 3.52. The first-order valence-corrected chi connectivity index (χ1v) is 10.2. The Morgan fingerprint density at radius 3 is 1.46 bits per heavy atom. The van der Waals surface area contributed by atoms with Gasteiger partial charge in [-0.25, -0.2) is 0 Å². The summed E-state index contributed by atoms with van der Waals surface area (Å²) in [6.45, 7) is 12.7. The van der Waals surface area contributed by atoms with Crippen LogP contribution in [0.2, 0.25) is 0 Å². The van der Waals surface area contributed by atoms with E-state index in [9.17, 15) is 0 Å². The van der Waals surface area contributed by atoms with E-state index in [-0.39, 0.29) is 0 Å². The molecule has 2 aromatic rings. The smallest absolute Gasteiger partial charge is 0.0345 e. The highest BCUT2D eigenvalue weighted by atomic mass is 15.3. The normalized spacial score (nSPS) is 15.5. The van der Waals surface area contributed by atoms with Gasteiger partial charge in [0, 0.05) is 75.1 Å². The Labute approximate surface area is 168 Å². The summed E-state index contributed by atoms with van der Waals surface area (Å²) in [5.74, 6) is 0. The second kappa shape index (κ2) is 9.66. The van der Waals surface area contributed by atoms with Crippen molar-refractivity contribution in [2.24, 2.45) is 0 Å². The maximum Gasteiger partial charge on any atom is 0.0345 e. The van der Waals surface area contributed by atoms with Crippen molar-refractivity contribution in [1.29, 1.82) is 0 Å². The van der Waals surface area contributed by atoms with Crippen LogP contribution in [-0.2, 0) is 0 Å². The van der Waals surface area contributed by atoms with Gasteiger partial charge in [-0.2, -0.15) is 0 Å². The lowest BCUT2D eigenvalue weighted by Crippen LogP contribution is -2.48. The van der Waals surface area contributed by atoms with Gasteiger partial charge in [0.25, 0.3) is 0 Å². The van der Waals surface area contributed by atoms with Gasteiger partial charge >= 0.3 is 0 Å². The molecule has 0 radical (unpaired) electrons. The molecule has 0 atom stereocenters. The molecule has 6 nitrogen and oxygen atoms in total. The van der Waals surface area contributed by atoms with Gasteiger partial charge in [0.05, 0.1) is 0 Å². The van der Waals surface area contributed by atoms with E-state index < -0.39 is 0 Å². The second-order valence-electron chi connectivity index (χ2n) is 7.68. The molecule has 0 bridgehead atoms. The summed E-state index contributed by atoms with van der Waals surface area (Å²) in [7, 11) is 0. The molecule has 1 fully saturated rings. The Kier molecular flexibility index (Phi) is 7.01. The van der Waals surface area contributed by atoms with Crippen LogP contribution in [0.1, 0.15) is 11.1 Å². The topological polar surface area (TPSA) is 82.6 Å². The van der Waals surface area contributed by atoms with Gasteiger partial charge in [-0.1, -0.05) is 0 Å². The number of piperazine rings is 1. The van der Waals surface area contributed by atoms with Gasteiger partial charge < -0.3 is 22.1 Å². The van der Waals surface area contributed by atoms with Crippen molar-refractivity contribution in [3.05, 3.63) is 47.5 Å². The molecule has 1 heterocycles. The summed E-state index contributed by atoms with van der Waals surface area (Å²) >= 11 is 0. The predicted molar refractivity (Wildman–Crippen MR) is 121 cm³/mol. The summed E-state index contributed by atoms with van der Waals surface area (Å²) in [6.07, 6.45) is 0. The summed E-state index contributed by atoms with van der Waals surface area (Å²) < 4.78 is 0. The van der Waals surface area contributed by atoms with Gasteiger partial charge in [-0.3, -0.25) is 9.80 Å². The van der Waals surface area contributed by atoms with Gasteiger partial charge in [0.15, 0.2) is 0 Å². The number of nitrogen functional groups attached to an aromatic ring is 2. The fourth-order valence-corrected chi connectivity index (χ4v) is 3.52. The third-order valence-corrected chi connectivity index (χ3v) is 5.52. The molecule has 1 aliphatic rings. The predicted octanol–water partition coefficient (Wildman–Crippen LogP) is 2.61. The van der Waals surface area contributed by atoms with E-state index in [1.54, 1.807) is 0 Å². The molecular formula is C22H34N6. The quantitative estimate of drug-likeness (QED) is 0.526. The Hall–Kier alpha value is -2.44. The monoisotopic (exact) mass is 382 g/mol. The zero-order chi connectivity index (χ0) is 19.9. The molecule has 1 aliphatic heterocycles. The van der Waals surface area contributed by atoms with Crippen LogP contribution in [0.3, 0.4) is 0 Å². The van der Waals surface area contributed by atoms with Crippen LogP contribution in [0.15, 0.2) is 36.4 Å². The van der Waals surface area contributed by atoms with Crippen molar-refractivity contribution in [2.75, 3.05) is 74.5 Å². The molecule has 0 unspecified atom stereocenters. The number of hydrogen-bond donors (Lipinski definition) is 4. The van der Waals surface area contributed by atoms with Crippen LogP contribution in [-0.4, -0.2) is 62.2 Å². The highest BCUT2D eigenvalue weighted by Gasteiger charge is 2.15. The number of rotatable bonds is 8. The highest BCUT2D eigenvalue weighted by molar-refractivity contribution is 5.57. The molecule has 3 rings (SSSR count). The molecule has 0 amide bonds. The fraction of sp³-hybridized carbons (Fsp3) is 0.455. The Bertz CT molecular complexity index is 702. The largest absolute Gasteiger partial charge is 0.399 e. The van der Waals surface area contributed by atoms with E-state index in [4.69, 9.17) is 11.5 Å². The molecule has 1 saturated heterocycles. The average Bonchev–Trinajstić information content (AvgIpc) is 2.69. The highest BCUT2D eigenvalue weighted by Crippen LogP contribution is 2.17. The van der Waals surface area contributed by atoms with Gasteiger partial charge in [-0.15, -0.1) is 0 Å². The number of anilines is 4. The summed E-state index contributed by atoms with van der Waals surface area (Å²) in [5.41, 5.74) is 18.0. The first-order valence-electron chi connectivity index (χ1n) is 10.2. The van der Waals surface area contributed by atoms with Crippen molar-refractivity contribution in [3.63, 3.8) is 0 Å². The minimum atomic E-state index is 0.850. The number of nitrogens with zero attached hydrogens (tertiary/aromatic N) is 2. The van der Waals surface area contributed by atoms with Gasteiger partial charge in [0.1, 0.15) is 0 Å². The third-order valence-electron chi connectivity index (χ3n) is 5.52. The molecule has 0 aromatic heterocycles. The van der Waals surface area contributed by atoms with Crippen LogP contribution in [0.4, 0.5) is 22.7 Å². The minimum Gasteiger partial charge on any atom is -0.399 e.